The number of carbonyl (C=O) groups is 1. The molecule has 1 aliphatic heterocycles. The molecule has 1 heterocycles. The molecule has 0 amide bonds. The summed E-state index contributed by atoms with van der Waals surface area (Å²) in [6.45, 7) is 2.38. The molecule has 0 N–H and O–H groups in total. The molecule has 2 rings (SSSR count). The number of hydrogen-bond acceptors (Lipinski definition) is 5. The first-order valence-electron chi connectivity index (χ1n) is 6.66. The zero-order valence-corrected chi connectivity index (χ0v) is 13.1. The van der Waals surface area contributed by atoms with Gasteiger partial charge in [-0.25, -0.2) is 13.2 Å². The van der Waals surface area contributed by atoms with Crippen LogP contribution in [0.25, 0.3) is 0 Å². The zero-order chi connectivity index (χ0) is 15.6. The van der Waals surface area contributed by atoms with Crippen LogP contribution in [0.3, 0.4) is 0 Å². The quantitative estimate of drug-likeness (QED) is 0.783. The maximum absolute atomic E-state index is 12.8. The molecule has 2 atom stereocenters. The molecule has 1 aliphatic rings. The number of likely N-dealkylation sites (N-methyl/N-ethyl adjacent to an activating group) is 1. The number of benzene rings is 1. The fraction of sp³-hybridized carbons (Fsp3) is 0.500. The molecule has 0 aromatic heterocycles. The minimum Gasteiger partial charge on any atom is -0.465 e. The van der Waals surface area contributed by atoms with Crippen molar-refractivity contribution < 1.29 is 22.7 Å². The average molecular weight is 313 g/mol. The summed E-state index contributed by atoms with van der Waals surface area (Å²) in [5.74, 6) is -0.668. The van der Waals surface area contributed by atoms with Gasteiger partial charge in [-0.05, 0) is 25.5 Å². The summed E-state index contributed by atoms with van der Waals surface area (Å²) in [5, 5.41) is 0. The van der Waals surface area contributed by atoms with Crippen molar-refractivity contribution in [1.29, 1.82) is 0 Å². The fourth-order valence-electron chi connectivity index (χ4n) is 2.50. The Labute approximate surface area is 124 Å². The van der Waals surface area contributed by atoms with Crippen LogP contribution in [0, 0.1) is 0 Å². The van der Waals surface area contributed by atoms with Gasteiger partial charge in [-0.1, -0.05) is 12.1 Å². The van der Waals surface area contributed by atoms with Gasteiger partial charge in [0, 0.05) is 13.7 Å². The lowest BCUT2D eigenvalue weighted by atomic mass is 10.2. The Bertz CT molecular complexity index is 628. The predicted octanol–water partition coefficient (Wildman–Crippen LogP) is 1.27. The molecule has 1 aromatic rings. The number of nitrogens with zero attached hydrogens (tertiary/aromatic N) is 1. The van der Waals surface area contributed by atoms with Crippen LogP contribution in [0.5, 0.6) is 0 Å². The highest BCUT2D eigenvalue weighted by Gasteiger charge is 2.36. The molecule has 6 nitrogen and oxygen atoms in total. The van der Waals surface area contributed by atoms with Gasteiger partial charge in [-0.15, -0.1) is 0 Å². The van der Waals surface area contributed by atoms with Crippen LogP contribution in [0.4, 0.5) is 0 Å². The van der Waals surface area contributed by atoms with Crippen molar-refractivity contribution >= 4 is 16.0 Å². The van der Waals surface area contributed by atoms with Gasteiger partial charge in [0.2, 0.25) is 10.0 Å². The Balaban J connectivity index is 2.42. The van der Waals surface area contributed by atoms with E-state index in [4.69, 9.17) is 4.74 Å². The highest BCUT2D eigenvalue weighted by Crippen LogP contribution is 2.26. The second-order valence-corrected chi connectivity index (χ2v) is 6.91. The molecular weight excluding hydrogens is 294 g/mol. The molecule has 0 aliphatic carbocycles. The Morgan fingerprint density at radius 2 is 2.05 bits per heavy atom. The van der Waals surface area contributed by atoms with E-state index in [1.807, 2.05) is 6.92 Å². The first-order valence-corrected chi connectivity index (χ1v) is 8.10. The summed E-state index contributed by atoms with van der Waals surface area (Å²) in [5.41, 5.74) is 0.0402. The number of rotatable bonds is 4. The highest BCUT2D eigenvalue weighted by atomic mass is 32.2. The molecule has 0 spiro atoms. The van der Waals surface area contributed by atoms with E-state index in [0.717, 1.165) is 0 Å². The lowest BCUT2D eigenvalue weighted by Gasteiger charge is -2.26. The Hall–Kier alpha value is -1.44. The summed E-state index contributed by atoms with van der Waals surface area (Å²) >= 11 is 0. The molecule has 21 heavy (non-hydrogen) atoms. The van der Waals surface area contributed by atoms with Crippen LogP contribution in [0.15, 0.2) is 29.2 Å². The topological polar surface area (TPSA) is 72.9 Å². The second kappa shape index (κ2) is 6.13. The first-order chi connectivity index (χ1) is 9.89. The number of esters is 1. The molecule has 1 fully saturated rings. The van der Waals surface area contributed by atoms with Gasteiger partial charge in [0.1, 0.15) is 0 Å². The maximum Gasteiger partial charge on any atom is 0.339 e. The fourth-order valence-corrected chi connectivity index (χ4v) is 4.12. The number of carbonyl (C=O) groups excluding carboxylic acids is 1. The third kappa shape index (κ3) is 2.95. The third-order valence-corrected chi connectivity index (χ3v) is 5.69. The average Bonchev–Trinajstić information content (AvgIpc) is 2.91. The molecule has 0 saturated carbocycles. The lowest BCUT2D eigenvalue weighted by molar-refractivity contribution is 0.0596. The van der Waals surface area contributed by atoms with E-state index in [0.29, 0.717) is 13.0 Å². The molecule has 1 saturated heterocycles. The van der Waals surface area contributed by atoms with Crippen molar-refractivity contribution in [1.82, 2.24) is 4.31 Å². The van der Waals surface area contributed by atoms with Crippen molar-refractivity contribution in [2.24, 2.45) is 0 Å². The monoisotopic (exact) mass is 313 g/mol. The molecule has 0 bridgehead atoms. The van der Waals surface area contributed by atoms with Gasteiger partial charge >= 0.3 is 5.97 Å². The molecular formula is C14H19NO5S. The minimum absolute atomic E-state index is 0.0402. The van der Waals surface area contributed by atoms with E-state index in [2.05, 4.69) is 4.74 Å². The van der Waals surface area contributed by atoms with Gasteiger partial charge in [-0.3, -0.25) is 0 Å². The summed E-state index contributed by atoms with van der Waals surface area (Å²) in [7, 11) is -1.05. The molecule has 7 heteroatoms. The number of methoxy groups -OCH3 is 1. The Kier molecular flexibility index (Phi) is 4.65. The van der Waals surface area contributed by atoms with Gasteiger partial charge in [0.15, 0.2) is 0 Å². The third-order valence-electron chi connectivity index (χ3n) is 3.75. The van der Waals surface area contributed by atoms with E-state index in [9.17, 15) is 13.2 Å². The van der Waals surface area contributed by atoms with E-state index in [1.165, 1.54) is 30.6 Å². The SMILES string of the molecule is COC(=O)c1ccccc1S(=O)(=O)N(C)C1CCOC1C. The Morgan fingerprint density at radius 1 is 1.38 bits per heavy atom. The minimum atomic E-state index is -3.79. The normalized spacial score (nSPS) is 22.5. The standard InChI is InChI=1S/C14H19NO5S/c1-10-12(8-9-20-10)15(2)21(17,18)13-7-5-4-6-11(13)14(16)19-3/h4-7,10,12H,8-9H2,1-3H3. The predicted molar refractivity (Wildman–Crippen MR) is 76.5 cm³/mol. The van der Waals surface area contributed by atoms with E-state index in [1.54, 1.807) is 12.1 Å². The first kappa shape index (κ1) is 15.9. The van der Waals surface area contributed by atoms with Crippen molar-refractivity contribution in [3.8, 4) is 0 Å². The second-order valence-electron chi connectivity index (χ2n) is 4.94. The molecule has 0 radical (unpaired) electrons. The van der Waals surface area contributed by atoms with Crippen molar-refractivity contribution in [3.05, 3.63) is 29.8 Å². The molecule has 116 valence electrons. The summed E-state index contributed by atoms with van der Waals surface area (Å²) in [6.07, 6.45) is 0.465. The lowest BCUT2D eigenvalue weighted by Crippen LogP contribution is -2.41. The van der Waals surface area contributed by atoms with Gasteiger partial charge < -0.3 is 9.47 Å². The van der Waals surface area contributed by atoms with Gasteiger partial charge in [0.25, 0.3) is 0 Å². The van der Waals surface area contributed by atoms with Crippen LogP contribution in [-0.4, -0.2) is 51.6 Å². The maximum atomic E-state index is 12.8. The largest absolute Gasteiger partial charge is 0.465 e. The van der Waals surface area contributed by atoms with Gasteiger partial charge in [0.05, 0.1) is 29.7 Å². The van der Waals surface area contributed by atoms with Crippen LogP contribution < -0.4 is 0 Å². The van der Waals surface area contributed by atoms with Gasteiger partial charge in [-0.2, -0.15) is 4.31 Å². The van der Waals surface area contributed by atoms with Crippen molar-refractivity contribution in [2.75, 3.05) is 20.8 Å². The summed E-state index contributed by atoms with van der Waals surface area (Å²) < 4.78 is 36.9. The summed E-state index contributed by atoms with van der Waals surface area (Å²) in [4.78, 5) is 11.7. The van der Waals surface area contributed by atoms with Crippen molar-refractivity contribution in [3.63, 3.8) is 0 Å². The summed E-state index contributed by atoms with van der Waals surface area (Å²) in [6, 6.07) is 5.81. The zero-order valence-electron chi connectivity index (χ0n) is 12.3. The van der Waals surface area contributed by atoms with Crippen molar-refractivity contribution in [2.45, 2.75) is 30.4 Å². The number of hydrogen-bond donors (Lipinski definition) is 0. The smallest absolute Gasteiger partial charge is 0.339 e. The van der Waals surface area contributed by atoms with Crippen LogP contribution >= 0.6 is 0 Å². The van der Waals surface area contributed by atoms with Crippen LogP contribution in [0.2, 0.25) is 0 Å². The van der Waals surface area contributed by atoms with E-state index in [-0.39, 0.29) is 22.6 Å². The molecule has 2 unspecified atom stereocenters. The van der Waals surface area contributed by atoms with E-state index < -0.39 is 16.0 Å². The molecule has 1 aromatic carbocycles. The number of sulfonamides is 1. The van der Waals surface area contributed by atoms with Crippen LogP contribution in [-0.2, 0) is 19.5 Å². The van der Waals surface area contributed by atoms with E-state index >= 15 is 0 Å². The Morgan fingerprint density at radius 3 is 2.62 bits per heavy atom. The highest BCUT2D eigenvalue weighted by molar-refractivity contribution is 7.89. The number of ether oxygens (including phenoxy) is 2. The van der Waals surface area contributed by atoms with Crippen LogP contribution in [0.1, 0.15) is 23.7 Å².